The van der Waals surface area contributed by atoms with Gasteiger partial charge < -0.3 is 24.5 Å². The van der Waals surface area contributed by atoms with Gasteiger partial charge in [-0.3, -0.25) is 9.59 Å². The van der Waals surface area contributed by atoms with Crippen LogP contribution in [0, 0.1) is 0 Å². The molecule has 2 N–H and O–H groups in total. The molecule has 0 radical (unpaired) electrons. The fourth-order valence-electron chi connectivity index (χ4n) is 3.00. The second-order valence-electron chi connectivity index (χ2n) is 6.61. The summed E-state index contributed by atoms with van der Waals surface area (Å²) < 4.78 is 16.2. The Labute approximate surface area is 167 Å². The van der Waals surface area contributed by atoms with Gasteiger partial charge in [-0.05, 0) is 61.0 Å². The molecule has 148 valence electrons. The van der Waals surface area contributed by atoms with Crippen LogP contribution < -0.4 is 20.1 Å². The van der Waals surface area contributed by atoms with E-state index in [1.54, 1.807) is 36.4 Å². The van der Waals surface area contributed by atoms with E-state index in [0.29, 0.717) is 36.0 Å². The van der Waals surface area contributed by atoms with Crippen LogP contribution in [0.2, 0.25) is 0 Å². The molecule has 29 heavy (non-hydrogen) atoms. The monoisotopic (exact) mass is 392 g/mol. The molecule has 1 aliphatic heterocycles. The van der Waals surface area contributed by atoms with Gasteiger partial charge in [-0.2, -0.15) is 0 Å². The number of carbonyl (C=O) groups is 2. The lowest BCUT2D eigenvalue weighted by Gasteiger charge is -2.21. The van der Waals surface area contributed by atoms with Crippen LogP contribution >= 0.6 is 0 Å². The SMILES string of the molecule is C[C@@H](NC(=O)c1ccc(NC(=O)c2ccco2)cc1)c1ccc2c(c1)OCCO2. The number of carbonyl (C=O) groups excluding carboxylic acids is 2. The summed E-state index contributed by atoms with van der Waals surface area (Å²) in [6.07, 6.45) is 1.44. The fraction of sp³-hybridized carbons (Fsp3) is 0.182. The molecule has 0 unspecified atom stereocenters. The number of nitrogens with one attached hydrogen (secondary N) is 2. The molecule has 1 aromatic heterocycles. The van der Waals surface area contributed by atoms with Crippen LogP contribution in [0.3, 0.4) is 0 Å². The molecule has 0 aliphatic carbocycles. The predicted molar refractivity (Wildman–Crippen MR) is 106 cm³/mol. The third-order valence-corrected chi connectivity index (χ3v) is 4.56. The van der Waals surface area contributed by atoms with E-state index in [-0.39, 0.29) is 23.6 Å². The molecule has 1 aliphatic rings. The molecule has 7 heteroatoms. The molecule has 2 heterocycles. The number of hydrogen-bond acceptors (Lipinski definition) is 5. The highest BCUT2D eigenvalue weighted by atomic mass is 16.6. The summed E-state index contributed by atoms with van der Waals surface area (Å²) in [6.45, 7) is 2.96. The zero-order valence-corrected chi connectivity index (χ0v) is 15.8. The fourth-order valence-corrected chi connectivity index (χ4v) is 3.00. The van der Waals surface area contributed by atoms with Gasteiger partial charge >= 0.3 is 0 Å². The minimum absolute atomic E-state index is 0.211. The second-order valence-corrected chi connectivity index (χ2v) is 6.61. The summed E-state index contributed by atoms with van der Waals surface area (Å²) in [4.78, 5) is 24.6. The van der Waals surface area contributed by atoms with Crippen molar-refractivity contribution in [2.45, 2.75) is 13.0 Å². The summed E-state index contributed by atoms with van der Waals surface area (Å²) in [5.74, 6) is 1.06. The average Bonchev–Trinajstić information content (AvgIpc) is 3.29. The van der Waals surface area contributed by atoms with E-state index < -0.39 is 0 Å². The van der Waals surface area contributed by atoms with Crippen molar-refractivity contribution in [2.24, 2.45) is 0 Å². The van der Waals surface area contributed by atoms with Crippen LogP contribution in [-0.2, 0) is 0 Å². The Kier molecular flexibility index (Phi) is 5.20. The van der Waals surface area contributed by atoms with Gasteiger partial charge in [0.1, 0.15) is 13.2 Å². The number of hydrogen-bond donors (Lipinski definition) is 2. The number of rotatable bonds is 5. The van der Waals surface area contributed by atoms with E-state index >= 15 is 0 Å². The quantitative estimate of drug-likeness (QED) is 0.689. The zero-order chi connectivity index (χ0) is 20.2. The highest BCUT2D eigenvalue weighted by molar-refractivity contribution is 6.02. The van der Waals surface area contributed by atoms with E-state index in [1.165, 1.54) is 6.26 Å². The van der Waals surface area contributed by atoms with E-state index in [0.717, 1.165) is 5.56 Å². The zero-order valence-electron chi connectivity index (χ0n) is 15.8. The van der Waals surface area contributed by atoms with Crippen molar-refractivity contribution in [3.8, 4) is 11.5 Å². The first-order chi connectivity index (χ1) is 14.1. The van der Waals surface area contributed by atoms with Gasteiger partial charge in [-0.25, -0.2) is 0 Å². The number of anilines is 1. The van der Waals surface area contributed by atoms with Crippen molar-refractivity contribution in [2.75, 3.05) is 18.5 Å². The summed E-state index contributed by atoms with van der Waals surface area (Å²) in [6, 6.07) is 15.3. The van der Waals surface area contributed by atoms with Crippen LogP contribution in [0.15, 0.2) is 65.3 Å². The van der Waals surface area contributed by atoms with Gasteiger partial charge in [0.05, 0.1) is 12.3 Å². The maximum absolute atomic E-state index is 12.6. The standard InChI is InChI=1S/C22H20N2O5/c1-14(16-6-9-18-20(13-16)29-12-11-28-18)23-21(25)15-4-7-17(8-5-15)24-22(26)19-3-2-10-27-19/h2-10,13-14H,11-12H2,1H3,(H,23,25)(H,24,26)/t14-/m1/s1. The van der Waals surface area contributed by atoms with E-state index in [4.69, 9.17) is 13.9 Å². The van der Waals surface area contributed by atoms with Crippen LogP contribution in [0.1, 0.15) is 39.4 Å². The molecule has 0 saturated heterocycles. The molecule has 2 amide bonds. The van der Waals surface area contributed by atoms with E-state index in [1.807, 2.05) is 25.1 Å². The smallest absolute Gasteiger partial charge is 0.291 e. The number of amides is 2. The molecule has 3 aromatic rings. The van der Waals surface area contributed by atoms with E-state index in [9.17, 15) is 9.59 Å². The summed E-state index contributed by atoms with van der Waals surface area (Å²) in [5, 5.41) is 5.68. The van der Waals surface area contributed by atoms with Crippen LogP contribution in [0.5, 0.6) is 11.5 Å². The molecule has 2 aromatic carbocycles. The van der Waals surface area contributed by atoms with Crippen LogP contribution in [0.4, 0.5) is 5.69 Å². The van der Waals surface area contributed by atoms with Gasteiger partial charge in [0.25, 0.3) is 11.8 Å². The van der Waals surface area contributed by atoms with Crippen molar-refractivity contribution in [1.82, 2.24) is 5.32 Å². The highest BCUT2D eigenvalue weighted by Gasteiger charge is 2.17. The van der Waals surface area contributed by atoms with Crippen LogP contribution in [0.25, 0.3) is 0 Å². The minimum Gasteiger partial charge on any atom is -0.486 e. The lowest BCUT2D eigenvalue weighted by molar-refractivity contribution is 0.0939. The molecular formula is C22H20N2O5. The molecule has 0 bridgehead atoms. The van der Waals surface area contributed by atoms with Gasteiger partial charge in [0.2, 0.25) is 0 Å². The molecule has 4 rings (SSSR count). The third kappa shape index (κ3) is 4.24. The predicted octanol–water partition coefficient (Wildman–Crippen LogP) is 3.79. The number of ether oxygens (including phenoxy) is 2. The lowest BCUT2D eigenvalue weighted by atomic mass is 10.1. The first kappa shape index (κ1) is 18.6. The number of fused-ring (bicyclic) bond motifs is 1. The Morgan fingerprint density at radius 3 is 2.41 bits per heavy atom. The van der Waals surface area contributed by atoms with Gasteiger partial charge in [0, 0.05) is 11.3 Å². The summed E-state index contributed by atoms with van der Waals surface area (Å²) >= 11 is 0. The van der Waals surface area contributed by atoms with Crippen LogP contribution in [-0.4, -0.2) is 25.0 Å². The minimum atomic E-state index is -0.348. The normalized spacial score (nSPS) is 13.4. The topological polar surface area (TPSA) is 89.8 Å². The van der Waals surface area contributed by atoms with Crippen molar-refractivity contribution >= 4 is 17.5 Å². The van der Waals surface area contributed by atoms with Gasteiger partial charge in [0.15, 0.2) is 17.3 Å². The maximum Gasteiger partial charge on any atom is 0.291 e. The molecule has 0 spiro atoms. The highest BCUT2D eigenvalue weighted by Crippen LogP contribution is 2.32. The summed E-state index contributed by atoms with van der Waals surface area (Å²) in [7, 11) is 0. The molecule has 0 fully saturated rings. The maximum atomic E-state index is 12.6. The molecule has 0 saturated carbocycles. The van der Waals surface area contributed by atoms with Gasteiger partial charge in [-0.15, -0.1) is 0 Å². The van der Waals surface area contributed by atoms with Crippen molar-refractivity contribution < 1.29 is 23.5 Å². The average molecular weight is 392 g/mol. The van der Waals surface area contributed by atoms with Crippen molar-refractivity contribution in [3.05, 3.63) is 77.7 Å². The largest absolute Gasteiger partial charge is 0.486 e. The lowest BCUT2D eigenvalue weighted by Crippen LogP contribution is -2.26. The second kappa shape index (κ2) is 8.10. The first-order valence-corrected chi connectivity index (χ1v) is 9.25. The number of furan rings is 1. The van der Waals surface area contributed by atoms with E-state index in [2.05, 4.69) is 10.6 Å². The van der Waals surface area contributed by atoms with Gasteiger partial charge in [-0.1, -0.05) is 6.07 Å². The Balaban J connectivity index is 1.38. The molecule has 1 atom stereocenters. The number of benzene rings is 2. The Bertz CT molecular complexity index is 1010. The molecular weight excluding hydrogens is 372 g/mol. The Hall–Kier alpha value is -3.74. The van der Waals surface area contributed by atoms with Crippen molar-refractivity contribution in [1.29, 1.82) is 0 Å². The Morgan fingerprint density at radius 2 is 1.69 bits per heavy atom. The molecule has 7 nitrogen and oxygen atoms in total. The summed E-state index contributed by atoms with van der Waals surface area (Å²) in [5.41, 5.74) is 1.98. The Morgan fingerprint density at radius 1 is 0.931 bits per heavy atom. The first-order valence-electron chi connectivity index (χ1n) is 9.25. The third-order valence-electron chi connectivity index (χ3n) is 4.56. The van der Waals surface area contributed by atoms with Crippen molar-refractivity contribution in [3.63, 3.8) is 0 Å².